The van der Waals surface area contributed by atoms with Crippen LogP contribution in [0, 0.1) is 0 Å². The van der Waals surface area contributed by atoms with Gasteiger partial charge >= 0.3 is 0 Å². The highest BCUT2D eigenvalue weighted by Gasteiger charge is 2.18. The molecule has 1 N–H and O–H groups in total. The second kappa shape index (κ2) is 5.29. The standard InChI is InChI=1S/C16H15N3O3/c20-16(13-8-10-2-1-3-12(10)18-19-13)17-11-4-5-14-15(9-11)22-7-6-21-14/h4-5,8-9H,1-3,6-7H2,(H,17,20). The molecule has 6 nitrogen and oxygen atoms in total. The Hall–Kier alpha value is -2.63. The van der Waals surface area contributed by atoms with Gasteiger partial charge in [0.05, 0.1) is 5.69 Å². The molecule has 0 bridgehead atoms. The zero-order chi connectivity index (χ0) is 14.9. The number of anilines is 1. The van der Waals surface area contributed by atoms with E-state index in [1.54, 1.807) is 18.2 Å². The lowest BCUT2D eigenvalue weighted by atomic mass is 10.2. The molecule has 1 aromatic carbocycles. The third-order valence-corrected chi connectivity index (χ3v) is 3.85. The summed E-state index contributed by atoms with van der Waals surface area (Å²) >= 11 is 0. The normalized spacial score (nSPS) is 15.3. The first-order chi connectivity index (χ1) is 10.8. The molecule has 6 heteroatoms. The fourth-order valence-corrected chi connectivity index (χ4v) is 2.76. The fourth-order valence-electron chi connectivity index (χ4n) is 2.76. The van der Waals surface area contributed by atoms with Crippen LogP contribution in [0.3, 0.4) is 0 Å². The molecule has 0 radical (unpaired) electrons. The summed E-state index contributed by atoms with van der Waals surface area (Å²) < 4.78 is 11.0. The summed E-state index contributed by atoms with van der Waals surface area (Å²) in [6.45, 7) is 1.06. The van der Waals surface area contributed by atoms with Gasteiger partial charge < -0.3 is 14.8 Å². The molecule has 0 spiro atoms. The van der Waals surface area contributed by atoms with E-state index in [-0.39, 0.29) is 5.91 Å². The highest BCUT2D eigenvalue weighted by atomic mass is 16.6. The van der Waals surface area contributed by atoms with Crippen LogP contribution in [0.4, 0.5) is 5.69 Å². The van der Waals surface area contributed by atoms with Crippen molar-refractivity contribution in [1.82, 2.24) is 10.2 Å². The monoisotopic (exact) mass is 297 g/mol. The summed E-state index contributed by atoms with van der Waals surface area (Å²) in [6, 6.07) is 7.17. The summed E-state index contributed by atoms with van der Waals surface area (Å²) in [5.41, 5.74) is 3.13. The lowest BCUT2D eigenvalue weighted by Crippen LogP contribution is -2.17. The highest BCUT2D eigenvalue weighted by Crippen LogP contribution is 2.32. The Labute approximate surface area is 127 Å². The second-order valence-electron chi connectivity index (χ2n) is 5.37. The maximum Gasteiger partial charge on any atom is 0.276 e. The van der Waals surface area contributed by atoms with Gasteiger partial charge in [-0.3, -0.25) is 4.79 Å². The van der Waals surface area contributed by atoms with Crippen molar-refractivity contribution in [3.63, 3.8) is 0 Å². The van der Waals surface area contributed by atoms with E-state index in [1.807, 2.05) is 6.07 Å². The molecule has 1 aromatic heterocycles. The topological polar surface area (TPSA) is 73.3 Å². The smallest absolute Gasteiger partial charge is 0.276 e. The van der Waals surface area contributed by atoms with E-state index in [2.05, 4.69) is 15.5 Å². The molecule has 0 saturated carbocycles. The fraction of sp³-hybridized carbons (Fsp3) is 0.312. The van der Waals surface area contributed by atoms with Crippen LogP contribution in [0.5, 0.6) is 11.5 Å². The molecule has 0 saturated heterocycles. The maximum absolute atomic E-state index is 12.3. The number of aromatic nitrogens is 2. The van der Waals surface area contributed by atoms with Crippen molar-refractivity contribution in [2.45, 2.75) is 19.3 Å². The number of fused-ring (bicyclic) bond motifs is 2. The van der Waals surface area contributed by atoms with Crippen molar-refractivity contribution in [3.8, 4) is 11.5 Å². The van der Waals surface area contributed by atoms with Gasteiger partial charge in [0.15, 0.2) is 17.2 Å². The molecule has 22 heavy (non-hydrogen) atoms. The summed E-state index contributed by atoms with van der Waals surface area (Å²) in [5, 5.41) is 11.0. The largest absolute Gasteiger partial charge is 0.486 e. The molecular formula is C16H15N3O3. The molecule has 4 rings (SSSR count). The Morgan fingerprint density at radius 1 is 1.05 bits per heavy atom. The van der Waals surface area contributed by atoms with Gasteiger partial charge in [-0.2, -0.15) is 5.10 Å². The SMILES string of the molecule is O=C(Nc1ccc2c(c1)OCCO2)c1cc2c(nn1)CCC2. The molecule has 1 aliphatic heterocycles. The number of nitrogens with zero attached hydrogens (tertiary/aromatic N) is 2. The van der Waals surface area contributed by atoms with Gasteiger partial charge in [-0.05, 0) is 43.0 Å². The van der Waals surface area contributed by atoms with Crippen LogP contribution in [0.1, 0.15) is 28.2 Å². The summed E-state index contributed by atoms with van der Waals surface area (Å²) in [4.78, 5) is 12.3. The molecule has 112 valence electrons. The summed E-state index contributed by atoms with van der Waals surface area (Å²) in [7, 11) is 0. The van der Waals surface area contributed by atoms with Gasteiger partial charge in [0.25, 0.3) is 5.91 Å². The maximum atomic E-state index is 12.3. The number of carbonyl (C=O) groups is 1. The van der Waals surface area contributed by atoms with E-state index in [0.29, 0.717) is 36.1 Å². The first-order valence-electron chi connectivity index (χ1n) is 7.36. The van der Waals surface area contributed by atoms with Crippen LogP contribution in [-0.2, 0) is 12.8 Å². The molecular weight excluding hydrogens is 282 g/mol. The van der Waals surface area contributed by atoms with Crippen LogP contribution in [0.15, 0.2) is 24.3 Å². The zero-order valence-electron chi connectivity index (χ0n) is 12.0. The average molecular weight is 297 g/mol. The third-order valence-electron chi connectivity index (χ3n) is 3.85. The van der Waals surface area contributed by atoms with Crippen LogP contribution in [-0.4, -0.2) is 29.3 Å². The number of aryl methyl sites for hydroxylation is 2. The number of ether oxygens (including phenoxy) is 2. The molecule has 2 aliphatic rings. The van der Waals surface area contributed by atoms with Crippen molar-refractivity contribution in [1.29, 1.82) is 0 Å². The van der Waals surface area contributed by atoms with E-state index >= 15 is 0 Å². The Kier molecular flexibility index (Phi) is 3.14. The van der Waals surface area contributed by atoms with Gasteiger partial charge in [-0.25, -0.2) is 0 Å². The highest BCUT2D eigenvalue weighted by molar-refractivity contribution is 6.03. The van der Waals surface area contributed by atoms with Crippen LogP contribution < -0.4 is 14.8 Å². The van der Waals surface area contributed by atoms with Crippen LogP contribution in [0.25, 0.3) is 0 Å². The molecule has 0 fully saturated rings. The molecule has 1 amide bonds. The van der Waals surface area contributed by atoms with E-state index in [4.69, 9.17) is 9.47 Å². The number of hydrogen-bond donors (Lipinski definition) is 1. The first-order valence-corrected chi connectivity index (χ1v) is 7.36. The average Bonchev–Trinajstić information content (AvgIpc) is 3.02. The minimum Gasteiger partial charge on any atom is -0.486 e. The van der Waals surface area contributed by atoms with Crippen LogP contribution >= 0.6 is 0 Å². The Balaban J connectivity index is 1.54. The number of hydrogen-bond acceptors (Lipinski definition) is 5. The number of nitrogens with one attached hydrogen (secondary N) is 1. The molecule has 0 atom stereocenters. The summed E-state index contributed by atoms with van der Waals surface area (Å²) in [5.74, 6) is 1.07. The predicted octanol–water partition coefficient (Wildman–Crippen LogP) is 1.99. The van der Waals surface area contributed by atoms with E-state index < -0.39 is 0 Å². The molecule has 0 unspecified atom stereocenters. The molecule has 2 heterocycles. The van der Waals surface area contributed by atoms with Gasteiger partial charge in [0.1, 0.15) is 13.2 Å². The predicted molar refractivity (Wildman–Crippen MR) is 79.4 cm³/mol. The van der Waals surface area contributed by atoms with Gasteiger partial charge in [-0.1, -0.05) is 0 Å². The molecule has 2 aromatic rings. The Morgan fingerprint density at radius 2 is 1.91 bits per heavy atom. The van der Waals surface area contributed by atoms with Crippen molar-refractivity contribution >= 4 is 11.6 Å². The quantitative estimate of drug-likeness (QED) is 0.917. The Morgan fingerprint density at radius 3 is 2.82 bits per heavy atom. The first kappa shape index (κ1) is 13.1. The zero-order valence-corrected chi connectivity index (χ0v) is 12.0. The van der Waals surface area contributed by atoms with E-state index in [0.717, 1.165) is 30.5 Å². The number of carbonyl (C=O) groups excluding carboxylic acids is 1. The van der Waals surface area contributed by atoms with Crippen molar-refractivity contribution in [2.75, 3.05) is 18.5 Å². The van der Waals surface area contributed by atoms with Gasteiger partial charge in [0, 0.05) is 11.8 Å². The number of benzene rings is 1. The summed E-state index contributed by atoms with van der Waals surface area (Å²) in [6.07, 6.45) is 3.00. The van der Waals surface area contributed by atoms with Gasteiger partial charge in [-0.15, -0.1) is 5.10 Å². The lowest BCUT2D eigenvalue weighted by Gasteiger charge is -2.18. The third kappa shape index (κ3) is 2.36. The molecule has 1 aliphatic carbocycles. The van der Waals surface area contributed by atoms with Crippen molar-refractivity contribution < 1.29 is 14.3 Å². The lowest BCUT2D eigenvalue weighted by molar-refractivity contribution is 0.102. The van der Waals surface area contributed by atoms with Crippen molar-refractivity contribution in [3.05, 3.63) is 41.2 Å². The second-order valence-corrected chi connectivity index (χ2v) is 5.37. The van der Waals surface area contributed by atoms with E-state index in [1.165, 1.54) is 0 Å². The van der Waals surface area contributed by atoms with Crippen LogP contribution in [0.2, 0.25) is 0 Å². The van der Waals surface area contributed by atoms with Crippen molar-refractivity contribution in [2.24, 2.45) is 0 Å². The van der Waals surface area contributed by atoms with Gasteiger partial charge in [0.2, 0.25) is 0 Å². The number of amides is 1. The minimum atomic E-state index is -0.265. The number of rotatable bonds is 2. The minimum absolute atomic E-state index is 0.265. The Bertz CT molecular complexity index is 745. The van der Waals surface area contributed by atoms with E-state index in [9.17, 15) is 4.79 Å².